The van der Waals surface area contributed by atoms with Gasteiger partial charge in [-0.05, 0) is 47.8 Å². The summed E-state index contributed by atoms with van der Waals surface area (Å²) >= 11 is 0. The molecule has 2 spiro atoms. The minimum absolute atomic E-state index is 0.0465. The van der Waals surface area contributed by atoms with E-state index < -0.39 is 63.7 Å². The van der Waals surface area contributed by atoms with Gasteiger partial charge in [-0.1, -0.05) is 50.8 Å². The number of aliphatic hydroxyl groups excluding tert-OH is 1. The number of hydrogen-bond donors (Lipinski definition) is 2. The second-order valence-corrected chi connectivity index (χ2v) is 11.9. The molecule has 0 unspecified atom stereocenters. The number of ketones is 2. The first-order chi connectivity index (χ1) is 17.0. The fourth-order valence-corrected chi connectivity index (χ4v) is 8.66. The highest BCUT2D eigenvalue weighted by Crippen LogP contribution is 2.76. The summed E-state index contributed by atoms with van der Waals surface area (Å²) < 4.78 is 11.9. The van der Waals surface area contributed by atoms with E-state index in [1.807, 2.05) is 44.2 Å². The fraction of sp³-hybridized carbons (Fsp3) is 0.552. The summed E-state index contributed by atoms with van der Waals surface area (Å²) in [4.78, 5) is 40.8. The van der Waals surface area contributed by atoms with E-state index in [0.29, 0.717) is 25.7 Å². The lowest BCUT2D eigenvalue weighted by atomic mass is 9.36. The largest absolute Gasteiger partial charge is 0.457 e. The number of Topliss-reactive ketones (excluding diaryl/α,β-unsaturated/α-hetero) is 2. The van der Waals surface area contributed by atoms with Crippen LogP contribution in [0.2, 0.25) is 0 Å². The summed E-state index contributed by atoms with van der Waals surface area (Å²) in [6.45, 7) is 7.95. The maximum atomic E-state index is 14.0. The monoisotopic (exact) mass is 492 g/mol. The molecule has 2 aliphatic heterocycles. The summed E-state index contributed by atoms with van der Waals surface area (Å²) in [6, 6.07) is 9.26. The number of carbonyl (C=O) groups excluding carboxylic acids is 3. The van der Waals surface area contributed by atoms with Crippen molar-refractivity contribution in [1.82, 2.24) is 0 Å². The Morgan fingerprint density at radius 3 is 2.64 bits per heavy atom. The van der Waals surface area contributed by atoms with Gasteiger partial charge in [-0.25, -0.2) is 4.79 Å². The SMILES string of the molecule is C=C1C(=O)[C@]23[C@H](OC(=O)/C=C/c4ccccc4)[C@H]1CC[C@H]2[C@@]12CO[C@@]3(O)[C@@H](O)[C@@H]1C(C)(C)CCC2=O. The Morgan fingerprint density at radius 1 is 1.19 bits per heavy atom. The second-order valence-electron chi connectivity index (χ2n) is 11.9. The molecule has 4 bridgehead atoms. The minimum Gasteiger partial charge on any atom is -0.457 e. The Labute approximate surface area is 210 Å². The van der Waals surface area contributed by atoms with E-state index >= 15 is 0 Å². The molecule has 6 aliphatic rings. The molecule has 4 aliphatic carbocycles. The molecule has 2 N–H and O–H groups in total. The number of carbonyl (C=O) groups is 3. The van der Waals surface area contributed by atoms with Crippen molar-refractivity contribution < 1.29 is 34.1 Å². The Hall–Kier alpha value is -2.61. The van der Waals surface area contributed by atoms with Gasteiger partial charge in [0.2, 0.25) is 5.79 Å². The van der Waals surface area contributed by atoms with Crippen molar-refractivity contribution in [2.45, 2.75) is 57.5 Å². The van der Waals surface area contributed by atoms with Gasteiger partial charge < -0.3 is 19.7 Å². The summed E-state index contributed by atoms with van der Waals surface area (Å²) in [7, 11) is 0. The molecular weight excluding hydrogens is 460 g/mol. The molecule has 7 heteroatoms. The number of ether oxygens (including phenoxy) is 2. The topological polar surface area (TPSA) is 110 Å². The lowest BCUT2D eigenvalue weighted by Gasteiger charge is -2.72. The summed E-state index contributed by atoms with van der Waals surface area (Å²) in [6.07, 6.45) is 2.22. The Bertz CT molecular complexity index is 1200. The summed E-state index contributed by atoms with van der Waals surface area (Å²) in [5, 5.41) is 23.8. The van der Waals surface area contributed by atoms with Crippen LogP contribution in [0, 0.1) is 34.0 Å². The zero-order valence-electron chi connectivity index (χ0n) is 20.6. The standard InChI is InChI=1S/C29H32O7/c1-16-18-10-11-19-27-15-35-29(34,24(33)22(27)26(2,3)14-13-20(27)30)28(19,23(16)32)25(18)36-21(31)12-9-17-7-5-4-6-8-17/h4-9,12,18-19,22,24-25,33-34H,1,10-11,13-15H2,2-3H3/b12-9+/t18-,19-,22+,24-,25+,27+,28-,29-/m0/s1. The molecule has 0 aromatic heterocycles. The first kappa shape index (κ1) is 23.8. The van der Waals surface area contributed by atoms with E-state index in [2.05, 4.69) is 6.58 Å². The molecule has 2 saturated heterocycles. The molecule has 4 saturated carbocycles. The lowest BCUT2D eigenvalue weighted by molar-refractivity contribution is -0.437. The molecule has 8 atom stereocenters. The van der Waals surface area contributed by atoms with Crippen LogP contribution in [0.15, 0.2) is 48.6 Å². The second kappa shape index (κ2) is 7.46. The molecule has 36 heavy (non-hydrogen) atoms. The molecule has 6 fully saturated rings. The van der Waals surface area contributed by atoms with E-state index in [4.69, 9.17) is 9.47 Å². The van der Waals surface area contributed by atoms with Crippen LogP contribution in [-0.2, 0) is 23.9 Å². The first-order valence-corrected chi connectivity index (χ1v) is 12.8. The van der Waals surface area contributed by atoms with Crippen molar-refractivity contribution in [3.63, 3.8) is 0 Å². The number of esters is 1. The minimum atomic E-state index is -2.29. The van der Waals surface area contributed by atoms with Crippen LogP contribution in [0.1, 0.15) is 45.1 Å². The molecule has 7 rings (SSSR count). The van der Waals surface area contributed by atoms with Crippen LogP contribution >= 0.6 is 0 Å². The Balaban J connectivity index is 1.47. The van der Waals surface area contributed by atoms with Crippen LogP contribution in [-0.4, -0.2) is 52.4 Å². The zero-order chi connectivity index (χ0) is 25.7. The summed E-state index contributed by atoms with van der Waals surface area (Å²) in [5.74, 6) is -5.17. The van der Waals surface area contributed by atoms with Crippen molar-refractivity contribution in [2.24, 2.45) is 34.0 Å². The molecule has 1 aromatic rings. The molecule has 7 nitrogen and oxygen atoms in total. The third kappa shape index (κ3) is 2.61. The molecule has 0 radical (unpaired) electrons. The van der Waals surface area contributed by atoms with Crippen LogP contribution in [0.25, 0.3) is 6.08 Å². The lowest BCUT2D eigenvalue weighted by Crippen LogP contribution is -2.85. The Morgan fingerprint density at radius 2 is 1.92 bits per heavy atom. The highest BCUT2D eigenvalue weighted by molar-refractivity contribution is 6.06. The smallest absolute Gasteiger partial charge is 0.331 e. The maximum Gasteiger partial charge on any atom is 0.331 e. The third-order valence-corrected chi connectivity index (χ3v) is 10.1. The van der Waals surface area contributed by atoms with Gasteiger partial charge >= 0.3 is 5.97 Å². The number of benzene rings is 1. The Kier molecular flexibility index (Phi) is 4.93. The van der Waals surface area contributed by atoms with E-state index in [9.17, 15) is 24.6 Å². The average molecular weight is 493 g/mol. The number of hydrogen-bond acceptors (Lipinski definition) is 7. The van der Waals surface area contributed by atoms with E-state index in [1.165, 1.54) is 6.08 Å². The summed E-state index contributed by atoms with van der Waals surface area (Å²) in [5.41, 5.74) is -2.30. The first-order valence-electron chi connectivity index (χ1n) is 12.8. The van der Waals surface area contributed by atoms with Gasteiger partial charge in [0.15, 0.2) is 5.78 Å². The highest BCUT2D eigenvalue weighted by Gasteiger charge is 2.88. The van der Waals surface area contributed by atoms with Crippen molar-refractivity contribution >= 4 is 23.6 Å². The molecular formula is C29H32O7. The predicted molar refractivity (Wildman–Crippen MR) is 129 cm³/mol. The van der Waals surface area contributed by atoms with Crippen LogP contribution < -0.4 is 0 Å². The van der Waals surface area contributed by atoms with Gasteiger partial charge in [-0.3, -0.25) is 9.59 Å². The van der Waals surface area contributed by atoms with Gasteiger partial charge in [0.25, 0.3) is 0 Å². The van der Waals surface area contributed by atoms with Crippen molar-refractivity contribution in [3.8, 4) is 0 Å². The molecule has 190 valence electrons. The molecule has 1 aromatic carbocycles. The normalized spacial score (nSPS) is 44.4. The van der Waals surface area contributed by atoms with Gasteiger partial charge in [0.05, 0.1) is 12.0 Å². The van der Waals surface area contributed by atoms with Crippen molar-refractivity contribution in [1.29, 1.82) is 0 Å². The van der Waals surface area contributed by atoms with Crippen molar-refractivity contribution in [3.05, 3.63) is 54.1 Å². The van der Waals surface area contributed by atoms with Crippen LogP contribution in [0.4, 0.5) is 0 Å². The third-order valence-electron chi connectivity index (χ3n) is 10.1. The molecule has 0 amide bonds. The van der Waals surface area contributed by atoms with Gasteiger partial charge in [0.1, 0.15) is 23.4 Å². The van der Waals surface area contributed by atoms with Gasteiger partial charge in [-0.15, -0.1) is 0 Å². The number of aliphatic hydroxyl groups is 2. The highest BCUT2D eigenvalue weighted by atomic mass is 16.6. The molecule has 2 heterocycles. The average Bonchev–Trinajstić information content (AvgIpc) is 2.96. The van der Waals surface area contributed by atoms with E-state index in [-0.39, 0.29) is 18.0 Å². The van der Waals surface area contributed by atoms with E-state index in [1.54, 1.807) is 6.08 Å². The quantitative estimate of drug-likeness (QED) is 0.493. The zero-order valence-corrected chi connectivity index (χ0v) is 20.6. The predicted octanol–water partition coefficient (Wildman–Crippen LogP) is 2.85. The van der Waals surface area contributed by atoms with Crippen LogP contribution in [0.5, 0.6) is 0 Å². The van der Waals surface area contributed by atoms with Crippen LogP contribution in [0.3, 0.4) is 0 Å². The number of fused-ring (bicyclic) bond motifs is 2. The van der Waals surface area contributed by atoms with E-state index in [0.717, 1.165) is 5.56 Å². The van der Waals surface area contributed by atoms with Crippen molar-refractivity contribution in [2.75, 3.05) is 6.61 Å². The number of rotatable bonds is 3. The van der Waals surface area contributed by atoms with Gasteiger partial charge in [0, 0.05) is 24.3 Å². The fourth-order valence-electron chi connectivity index (χ4n) is 8.66. The van der Waals surface area contributed by atoms with Gasteiger partial charge in [-0.2, -0.15) is 0 Å². The maximum absolute atomic E-state index is 14.0.